The zero-order valence-corrected chi connectivity index (χ0v) is 11.5. The van der Waals surface area contributed by atoms with E-state index in [1.807, 2.05) is 0 Å². The van der Waals surface area contributed by atoms with E-state index in [0.717, 1.165) is 4.90 Å². The van der Waals surface area contributed by atoms with Crippen molar-refractivity contribution in [1.29, 1.82) is 0 Å². The Kier molecular flexibility index (Phi) is 3.99. The molecule has 1 saturated heterocycles. The summed E-state index contributed by atoms with van der Waals surface area (Å²) in [5.41, 5.74) is 0.152. The Hall–Kier alpha value is -2.32. The van der Waals surface area contributed by atoms with Crippen molar-refractivity contribution in [2.45, 2.75) is 13.1 Å². The average molecular weight is 318 g/mol. The predicted octanol–water partition coefficient (Wildman–Crippen LogP) is 2.60. The molecule has 1 aliphatic rings. The number of alkyl halides is 3. The SMILES string of the molecule is Cc1cccc([N+](=O)[O-])c1N1C[C@@H](C(F)(F)F)[C@H](C(=O)O)C1. The number of aryl methyl sites for hydroxylation is 1. The molecule has 0 unspecified atom stereocenters. The summed E-state index contributed by atoms with van der Waals surface area (Å²) in [5.74, 6) is -5.25. The Balaban J connectivity index is 2.44. The molecule has 22 heavy (non-hydrogen) atoms. The number of hydrogen-bond acceptors (Lipinski definition) is 4. The lowest BCUT2D eigenvalue weighted by Gasteiger charge is -2.21. The first-order valence-corrected chi connectivity index (χ1v) is 6.41. The summed E-state index contributed by atoms with van der Waals surface area (Å²) in [7, 11) is 0. The van der Waals surface area contributed by atoms with Gasteiger partial charge in [0.15, 0.2) is 0 Å². The smallest absolute Gasteiger partial charge is 0.394 e. The van der Waals surface area contributed by atoms with E-state index in [-0.39, 0.29) is 11.4 Å². The fourth-order valence-electron chi connectivity index (χ4n) is 2.77. The van der Waals surface area contributed by atoms with Gasteiger partial charge in [-0.3, -0.25) is 14.9 Å². The second-order valence-corrected chi connectivity index (χ2v) is 5.20. The molecule has 0 aliphatic carbocycles. The number of carboxylic acids is 1. The summed E-state index contributed by atoms with van der Waals surface area (Å²) in [6.07, 6.45) is -4.67. The molecule has 0 amide bonds. The summed E-state index contributed by atoms with van der Waals surface area (Å²) in [4.78, 5) is 22.6. The number of aliphatic carboxylic acids is 1. The number of hydrogen-bond donors (Lipinski definition) is 1. The van der Waals surface area contributed by atoms with Crippen molar-refractivity contribution in [3.8, 4) is 0 Å². The second kappa shape index (κ2) is 5.47. The largest absolute Gasteiger partial charge is 0.481 e. The van der Waals surface area contributed by atoms with Gasteiger partial charge in [0.05, 0.1) is 16.8 Å². The molecule has 1 N–H and O–H groups in total. The van der Waals surface area contributed by atoms with E-state index in [9.17, 15) is 28.1 Å². The standard InChI is InChI=1S/C13H13F3N2O4/c1-7-3-2-4-10(18(21)22)11(7)17-5-8(12(19)20)9(6-17)13(14,15)16/h2-4,8-9H,5-6H2,1H3,(H,19,20)/t8-,9-/m1/s1. The minimum absolute atomic E-state index is 0.0468. The maximum Gasteiger partial charge on any atom is 0.394 e. The summed E-state index contributed by atoms with van der Waals surface area (Å²) < 4.78 is 39.0. The summed E-state index contributed by atoms with van der Waals surface area (Å²) in [6.45, 7) is 0.524. The van der Waals surface area contributed by atoms with Gasteiger partial charge >= 0.3 is 12.1 Å². The van der Waals surface area contributed by atoms with Gasteiger partial charge in [-0.05, 0) is 12.5 Å². The summed E-state index contributed by atoms with van der Waals surface area (Å²) in [5, 5.41) is 20.1. The van der Waals surface area contributed by atoms with Gasteiger partial charge in [-0.1, -0.05) is 12.1 Å². The van der Waals surface area contributed by atoms with E-state index in [1.165, 1.54) is 12.1 Å². The highest BCUT2D eigenvalue weighted by Gasteiger charge is 2.53. The number of carboxylic acid groups (broad SMARTS) is 1. The van der Waals surface area contributed by atoms with Crippen LogP contribution in [0, 0.1) is 28.9 Å². The van der Waals surface area contributed by atoms with Crippen molar-refractivity contribution in [2.75, 3.05) is 18.0 Å². The van der Waals surface area contributed by atoms with Crippen LogP contribution in [-0.4, -0.2) is 35.3 Å². The van der Waals surface area contributed by atoms with Crippen LogP contribution in [0.25, 0.3) is 0 Å². The van der Waals surface area contributed by atoms with Crippen molar-refractivity contribution < 1.29 is 28.0 Å². The van der Waals surface area contributed by atoms with Crippen LogP contribution in [-0.2, 0) is 4.79 Å². The van der Waals surface area contributed by atoms with E-state index < -0.39 is 42.0 Å². The first-order valence-electron chi connectivity index (χ1n) is 6.41. The van der Waals surface area contributed by atoms with Crippen LogP contribution >= 0.6 is 0 Å². The van der Waals surface area contributed by atoms with Crippen molar-refractivity contribution >= 4 is 17.3 Å². The van der Waals surface area contributed by atoms with Crippen molar-refractivity contribution in [2.24, 2.45) is 11.8 Å². The summed E-state index contributed by atoms with van der Waals surface area (Å²) >= 11 is 0. The van der Waals surface area contributed by atoms with E-state index in [2.05, 4.69) is 0 Å². The quantitative estimate of drug-likeness (QED) is 0.684. The number of rotatable bonds is 3. The Morgan fingerprint density at radius 3 is 2.50 bits per heavy atom. The van der Waals surface area contributed by atoms with Gasteiger partial charge in [-0.25, -0.2) is 0 Å². The Morgan fingerprint density at radius 1 is 1.41 bits per heavy atom. The minimum Gasteiger partial charge on any atom is -0.481 e. The lowest BCUT2D eigenvalue weighted by molar-refractivity contribution is -0.384. The molecule has 0 spiro atoms. The third-order valence-corrected chi connectivity index (χ3v) is 3.79. The Bertz CT molecular complexity index is 618. The molecule has 0 saturated carbocycles. The van der Waals surface area contributed by atoms with Gasteiger partial charge in [-0.15, -0.1) is 0 Å². The second-order valence-electron chi connectivity index (χ2n) is 5.20. The van der Waals surface area contributed by atoms with Crippen LogP contribution in [0.4, 0.5) is 24.5 Å². The average Bonchev–Trinajstić information content (AvgIpc) is 2.83. The van der Waals surface area contributed by atoms with Crippen LogP contribution in [0.3, 0.4) is 0 Å². The molecule has 1 aliphatic heterocycles. The monoisotopic (exact) mass is 318 g/mol. The number of halogens is 3. The third kappa shape index (κ3) is 2.83. The molecule has 1 fully saturated rings. The van der Waals surface area contributed by atoms with E-state index in [4.69, 9.17) is 5.11 Å². The number of carbonyl (C=O) groups is 1. The van der Waals surface area contributed by atoms with Crippen molar-refractivity contribution in [3.05, 3.63) is 33.9 Å². The number of nitro groups is 1. The first-order chi connectivity index (χ1) is 10.1. The van der Waals surface area contributed by atoms with Crippen LogP contribution < -0.4 is 4.90 Å². The Morgan fingerprint density at radius 2 is 2.05 bits per heavy atom. The fraction of sp³-hybridized carbons (Fsp3) is 0.462. The minimum atomic E-state index is -4.67. The highest BCUT2D eigenvalue weighted by atomic mass is 19.4. The molecule has 1 aromatic rings. The molecule has 9 heteroatoms. The molecule has 1 heterocycles. The fourth-order valence-corrected chi connectivity index (χ4v) is 2.77. The lowest BCUT2D eigenvalue weighted by Crippen LogP contribution is -2.33. The zero-order chi connectivity index (χ0) is 16.7. The van der Waals surface area contributed by atoms with Crippen molar-refractivity contribution in [3.63, 3.8) is 0 Å². The van der Waals surface area contributed by atoms with Gasteiger partial charge in [-0.2, -0.15) is 13.2 Å². The van der Waals surface area contributed by atoms with Gasteiger partial charge in [0, 0.05) is 19.2 Å². The van der Waals surface area contributed by atoms with E-state index >= 15 is 0 Å². The topological polar surface area (TPSA) is 83.7 Å². The number of anilines is 1. The first kappa shape index (κ1) is 16.1. The van der Waals surface area contributed by atoms with Crippen LogP contribution in [0.1, 0.15) is 5.56 Å². The van der Waals surface area contributed by atoms with Gasteiger partial charge < -0.3 is 10.0 Å². The molecular weight excluding hydrogens is 305 g/mol. The maximum absolute atomic E-state index is 13.0. The predicted molar refractivity (Wildman–Crippen MR) is 70.7 cm³/mol. The molecule has 1 aromatic carbocycles. The van der Waals surface area contributed by atoms with Crippen molar-refractivity contribution in [1.82, 2.24) is 0 Å². The number of benzene rings is 1. The maximum atomic E-state index is 13.0. The molecule has 0 aromatic heterocycles. The molecule has 0 bridgehead atoms. The van der Waals surface area contributed by atoms with E-state index in [1.54, 1.807) is 13.0 Å². The van der Waals surface area contributed by atoms with Gasteiger partial charge in [0.2, 0.25) is 0 Å². The van der Waals surface area contributed by atoms with Crippen LogP contribution in [0.15, 0.2) is 18.2 Å². The van der Waals surface area contributed by atoms with Gasteiger partial charge in [0.25, 0.3) is 5.69 Å². The molecular formula is C13H13F3N2O4. The highest BCUT2D eigenvalue weighted by Crippen LogP contribution is 2.42. The van der Waals surface area contributed by atoms with E-state index in [0.29, 0.717) is 5.56 Å². The number of nitro benzene ring substituents is 1. The molecule has 2 atom stereocenters. The number of nitrogens with zero attached hydrogens (tertiary/aromatic N) is 2. The highest BCUT2D eigenvalue weighted by molar-refractivity contribution is 5.75. The molecule has 2 rings (SSSR count). The number of para-hydroxylation sites is 1. The molecule has 0 radical (unpaired) electrons. The summed E-state index contributed by atoms with van der Waals surface area (Å²) in [6, 6.07) is 4.17. The Labute approximate surface area is 123 Å². The molecule has 6 nitrogen and oxygen atoms in total. The third-order valence-electron chi connectivity index (χ3n) is 3.79. The zero-order valence-electron chi connectivity index (χ0n) is 11.5. The van der Waals surface area contributed by atoms with Gasteiger partial charge in [0.1, 0.15) is 5.69 Å². The van der Waals surface area contributed by atoms with Crippen LogP contribution in [0.5, 0.6) is 0 Å². The molecule has 120 valence electrons. The normalized spacial score (nSPS) is 21.9. The van der Waals surface area contributed by atoms with Crippen LogP contribution in [0.2, 0.25) is 0 Å². The lowest BCUT2D eigenvalue weighted by atomic mass is 9.96.